The van der Waals surface area contributed by atoms with E-state index in [1.807, 2.05) is 18.2 Å². The second-order valence-corrected chi connectivity index (χ2v) is 8.18. The van der Waals surface area contributed by atoms with E-state index < -0.39 is 10.2 Å². The number of hydrogen-bond acceptors (Lipinski definition) is 2. The molecule has 0 aromatic heterocycles. The van der Waals surface area contributed by atoms with Crippen molar-refractivity contribution in [2.24, 2.45) is 0 Å². The molecule has 0 amide bonds. The zero-order valence-electron chi connectivity index (χ0n) is 13.2. The van der Waals surface area contributed by atoms with Crippen LogP contribution in [-0.4, -0.2) is 25.3 Å². The fourth-order valence-corrected chi connectivity index (χ4v) is 4.78. The first-order valence-corrected chi connectivity index (χ1v) is 9.56. The summed E-state index contributed by atoms with van der Waals surface area (Å²) in [6.07, 6.45) is 1.50. The Balaban J connectivity index is 1.43. The van der Waals surface area contributed by atoms with E-state index in [4.69, 9.17) is 0 Å². The number of hydrogen-bond donors (Lipinski definition) is 1. The third kappa shape index (κ3) is 3.09. The molecule has 1 fully saturated rings. The van der Waals surface area contributed by atoms with Crippen LogP contribution in [-0.2, 0) is 23.2 Å². The van der Waals surface area contributed by atoms with Gasteiger partial charge >= 0.3 is 0 Å². The largest absolute Gasteiger partial charge is 0.280 e. The molecule has 24 heavy (non-hydrogen) atoms. The van der Waals surface area contributed by atoms with Crippen LogP contribution in [0.2, 0.25) is 0 Å². The van der Waals surface area contributed by atoms with Crippen LogP contribution in [0, 0.1) is 5.82 Å². The summed E-state index contributed by atoms with van der Waals surface area (Å²) in [7, 11) is -3.50. The first-order chi connectivity index (χ1) is 11.5. The average molecular weight is 346 g/mol. The monoisotopic (exact) mass is 346 g/mol. The van der Waals surface area contributed by atoms with E-state index in [0.29, 0.717) is 13.1 Å². The van der Waals surface area contributed by atoms with Crippen molar-refractivity contribution in [3.05, 3.63) is 71.0 Å². The Morgan fingerprint density at radius 1 is 1.04 bits per heavy atom. The van der Waals surface area contributed by atoms with E-state index in [1.54, 1.807) is 12.1 Å². The van der Waals surface area contributed by atoms with Gasteiger partial charge in [-0.05, 0) is 41.7 Å². The van der Waals surface area contributed by atoms with Crippen LogP contribution >= 0.6 is 0 Å². The molecule has 1 N–H and O–H groups in total. The van der Waals surface area contributed by atoms with Crippen LogP contribution in [0.1, 0.15) is 29.0 Å². The molecule has 0 spiro atoms. The topological polar surface area (TPSA) is 49.4 Å². The Bertz CT molecular complexity index is 852. The van der Waals surface area contributed by atoms with Crippen LogP contribution in [0.3, 0.4) is 0 Å². The summed E-state index contributed by atoms with van der Waals surface area (Å²) in [6, 6.07) is 14.1. The molecule has 1 aliphatic heterocycles. The number of halogens is 1. The molecule has 4 nitrogen and oxygen atoms in total. The minimum atomic E-state index is -3.50. The molecule has 2 unspecified atom stereocenters. The third-order valence-corrected chi connectivity index (χ3v) is 6.42. The van der Waals surface area contributed by atoms with Gasteiger partial charge in [0.25, 0.3) is 10.2 Å². The standard InChI is InChI=1S/C18H19FN2O2S/c19-16-7-5-14(6-8-16)17-11-18(17)20-24(22,23)21-10-9-13-3-1-2-4-15(13)12-21/h1-8,17-18,20H,9-12H2. The molecule has 2 aromatic rings. The molecule has 2 aromatic carbocycles. The van der Waals surface area contributed by atoms with Gasteiger partial charge in [0, 0.05) is 25.0 Å². The smallest absolute Gasteiger partial charge is 0.207 e. The van der Waals surface area contributed by atoms with Crippen molar-refractivity contribution in [1.29, 1.82) is 0 Å². The van der Waals surface area contributed by atoms with Gasteiger partial charge in [0.2, 0.25) is 0 Å². The minimum absolute atomic E-state index is 0.0994. The first-order valence-electron chi connectivity index (χ1n) is 8.12. The summed E-state index contributed by atoms with van der Waals surface area (Å²) in [4.78, 5) is 0. The highest BCUT2D eigenvalue weighted by molar-refractivity contribution is 7.87. The van der Waals surface area contributed by atoms with E-state index >= 15 is 0 Å². The molecule has 1 saturated carbocycles. The van der Waals surface area contributed by atoms with Gasteiger partial charge in [-0.1, -0.05) is 36.4 Å². The van der Waals surface area contributed by atoms with Gasteiger partial charge < -0.3 is 0 Å². The minimum Gasteiger partial charge on any atom is -0.207 e. The van der Waals surface area contributed by atoms with Crippen molar-refractivity contribution in [2.75, 3.05) is 6.54 Å². The van der Waals surface area contributed by atoms with Gasteiger partial charge in [-0.15, -0.1) is 0 Å². The van der Waals surface area contributed by atoms with Crippen LogP contribution < -0.4 is 4.72 Å². The summed E-state index contributed by atoms with van der Waals surface area (Å²) in [5, 5.41) is 0. The molecule has 126 valence electrons. The van der Waals surface area contributed by atoms with Crippen molar-refractivity contribution >= 4 is 10.2 Å². The van der Waals surface area contributed by atoms with Crippen molar-refractivity contribution in [2.45, 2.75) is 31.3 Å². The highest BCUT2D eigenvalue weighted by atomic mass is 32.2. The normalized spacial score (nSPS) is 23.7. The van der Waals surface area contributed by atoms with E-state index in [9.17, 15) is 12.8 Å². The number of rotatable bonds is 4. The highest BCUT2D eigenvalue weighted by Crippen LogP contribution is 2.41. The summed E-state index contributed by atoms with van der Waals surface area (Å²) in [5.41, 5.74) is 3.27. The van der Waals surface area contributed by atoms with Crippen LogP contribution in [0.15, 0.2) is 48.5 Å². The molecule has 6 heteroatoms. The second kappa shape index (κ2) is 5.95. The molecular formula is C18H19FN2O2S. The fraction of sp³-hybridized carbons (Fsp3) is 0.333. The Morgan fingerprint density at radius 2 is 1.75 bits per heavy atom. The molecular weight excluding hydrogens is 327 g/mol. The van der Waals surface area contributed by atoms with Crippen molar-refractivity contribution in [3.63, 3.8) is 0 Å². The molecule has 0 bridgehead atoms. The Labute approximate surface area is 141 Å². The zero-order valence-corrected chi connectivity index (χ0v) is 14.0. The predicted molar refractivity (Wildman–Crippen MR) is 90.2 cm³/mol. The SMILES string of the molecule is O=S(=O)(NC1CC1c1ccc(F)cc1)N1CCc2ccccc2C1. The number of nitrogens with zero attached hydrogens (tertiary/aromatic N) is 1. The summed E-state index contributed by atoms with van der Waals surface area (Å²) in [6.45, 7) is 0.916. The van der Waals surface area contributed by atoms with E-state index in [1.165, 1.54) is 22.0 Å². The summed E-state index contributed by atoms with van der Waals surface area (Å²) in [5.74, 6) is -0.138. The lowest BCUT2D eigenvalue weighted by Crippen LogP contribution is -2.44. The summed E-state index contributed by atoms with van der Waals surface area (Å²) < 4.78 is 42.6. The first kappa shape index (κ1) is 15.7. The van der Waals surface area contributed by atoms with Gasteiger partial charge in [0.15, 0.2) is 0 Å². The van der Waals surface area contributed by atoms with Gasteiger partial charge in [0.1, 0.15) is 5.82 Å². The van der Waals surface area contributed by atoms with Crippen LogP contribution in [0.4, 0.5) is 4.39 Å². The average Bonchev–Trinajstić information content (AvgIpc) is 3.33. The Kier molecular flexibility index (Phi) is 3.90. The Hall–Kier alpha value is -1.76. The lowest BCUT2D eigenvalue weighted by molar-refractivity contribution is 0.383. The maximum Gasteiger partial charge on any atom is 0.280 e. The molecule has 0 saturated heterocycles. The molecule has 1 heterocycles. The van der Waals surface area contributed by atoms with E-state index in [2.05, 4.69) is 10.8 Å². The third-order valence-electron chi connectivity index (χ3n) is 4.82. The molecule has 0 radical (unpaired) electrons. The molecule has 2 atom stereocenters. The molecule has 2 aliphatic rings. The molecule has 1 aliphatic carbocycles. The zero-order chi connectivity index (χ0) is 16.7. The maximum absolute atomic E-state index is 13.0. The number of nitrogens with one attached hydrogen (secondary N) is 1. The lowest BCUT2D eigenvalue weighted by Gasteiger charge is -2.28. The summed E-state index contributed by atoms with van der Waals surface area (Å²) >= 11 is 0. The lowest BCUT2D eigenvalue weighted by atomic mass is 10.0. The van der Waals surface area contributed by atoms with Gasteiger partial charge in [0.05, 0.1) is 0 Å². The number of benzene rings is 2. The second-order valence-electron chi connectivity index (χ2n) is 6.48. The maximum atomic E-state index is 13.0. The van der Waals surface area contributed by atoms with Crippen LogP contribution in [0.5, 0.6) is 0 Å². The van der Waals surface area contributed by atoms with Gasteiger partial charge in [-0.25, -0.2) is 4.39 Å². The van der Waals surface area contributed by atoms with Gasteiger partial charge in [-0.2, -0.15) is 17.4 Å². The highest BCUT2D eigenvalue weighted by Gasteiger charge is 2.42. The van der Waals surface area contributed by atoms with Crippen molar-refractivity contribution in [1.82, 2.24) is 9.03 Å². The number of fused-ring (bicyclic) bond motifs is 1. The van der Waals surface area contributed by atoms with Gasteiger partial charge in [-0.3, -0.25) is 0 Å². The van der Waals surface area contributed by atoms with Crippen molar-refractivity contribution < 1.29 is 12.8 Å². The fourth-order valence-electron chi connectivity index (χ4n) is 3.34. The predicted octanol–water partition coefficient (Wildman–Crippen LogP) is 2.57. The van der Waals surface area contributed by atoms with Crippen molar-refractivity contribution in [3.8, 4) is 0 Å². The van der Waals surface area contributed by atoms with E-state index in [0.717, 1.165) is 24.0 Å². The Morgan fingerprint density at radius 3 is 2.50 bits per heavy atom. The van der Waals surface area contributed by atoms with Crippen LogP contribution in [0.25, 0.3) is 0 Å². The van der Waals surface area contributed by atoms with E-state index in [-0.39, 0.29) is 17.8 Å². The quantitative estimate of drug-likeness (QED) is 0.925. The molecule has 4 rings (SSSR count).